The maximum absolute atomic E-state index is 11.1. The van der Waals surface area contributed by atoms with E-state index >= 15 is 0 Å². The van der Waals surface area contributed by atoms with Crippen molar-refractivity contribution in [3.63, 3.8) is 0 Å². The summed E-state index contributed by atoms with van der Waals surface area (Å²) in [5.41, 5.74) is 1.64. The molecule has 1 aromatic carbocycles. The molecule has 2 aromatic rings. The summed E-state index contributed by atoms with van der Waals surface area (Å²) in [4.78, 5) is 16.1. The Kier molecular flexibility index (Phi) is 4.17. The lowest BCUT2D eigenvalue weighted by Gasteiger charge is -2.11. The van der Waals surface area contributed by atoms with E-state index in [0.717, 1.165) is 16.3 Å². The highest BCUT2D eigenvalue weighted by molar-refractivity contribution is 7.15. The summed E-state index contributed by atoms with van der Waals surface area (Å²) in [6.07, 6.45) is 1.74. The van der Waals surface area contributed by atoms with Crippen molar-refractivity contribution in [3.05, 3.63) is 39.8 Å². The van der Waals surface area contributed by atoms with Crippen molar-refractivity contribution in [2.75, 3.05) is 10.6 Å². The molecule has 0 unspecified atom stereocenters. The summed E-state index contributed by atoms with van der Waals surface area (Å²) in [7, 11) is 0. The van der Waals surface area contributed by atoms with Gasteiger partial charge in [-0.05, 0) is 12.1 Å². The van der Waals surface area contributed by atoms with Gasteiger partial charge < -0.3 is 10.6 Å². The van der Waals surface area contributed by atoms with Crippen molar-refractivity contribution in [1.82, 2.24) is 4.98 Å². The molecule has 0 aliphatic heterocycles. The van der Waals surface area contributed by atoms with Gasteiger partial charge in [-0.3, -0.25) is 4.79 Å². The Hall–Kier alpha value is -1.59. The first-order valence-electron chi connectivity index (χ1n) is 5.36. The van der Waals surface area contributed by atoms with Crippen LogP contribution in [0.5, 0.6) is 0 Å². The molecular formula is C12H12ClN3OS. The van der Waals surface area contributed by atoms with Crippen LogP contribution in [0.3, 0.4) is 0 Å². The number of nitrogens with one attached hydrogen (secondary N) is 2. The molecule has 1 amide bonds. The minimum Gasteiger partial charge on any atom is -0.378 e. The smallest absolute Gasteiger partial charge is 0.221 e. The van der Waals surface area contributed by atoms with Gasteiger partial charge in [-0.1, -0.05) is 23.7 Å². The first kappa shape index (κ1) is 12.9. The van der Waals surface area contributed by atoms with Gasteiger partial charge in [-0.25, -0.2) is 4.98 Å². The van der Waals surface area contributed by atoms with Crippen molar-refractivity contribution in [3.8, 4) is 0 Å². The molecule has 0 saturated heterocycles. The van der Waals surface area contributed by atoms with E-state index in [4.69, 9.17) is 11.6 Å². The van der Waals surface area contributed by atoms with Gasteiger partial charge in [0.25, 0.3) is 0 Å². The van der Waals surface area contributed by atoms with E-state index < -0.39 is 0 Å². The van der Waals surface area contributed by atoms with Gasteiger partial charge in [0.2, 0.25) is 5.91 Å². The number of carbonyl (C=O) groups is 1. The van der Waals surface area contributed by atoms with Crippen LogP contribution in [0.4, 0.5) is 11.4 Å². The fraction of sp³-hybridized carbons (Fsp3) is 0.167. The first-order chi connectivity index (χ1) is 8.65. The average molecular weight is 282 g/mol. The zero-order chi connectivity index (χ0) is 13.0. The van der Waals surface area contributed by atoms with Crippen LogP contribution in [-0.4, -0.2) is 10.9 Å². The second kappa shape index (κ2) is 5.84. The summed E-state index contributed by atoms with van der Waals surface area (Å²) in [5, 5.41) is 6.02. The lowest BCUT2D eigenvalue weighted by molar-refractivity contribution is -0.114. The van der Waals surface area contributed by atoms with E-state index in [1.807, 2.05) is 24.3 Å². The van der Waals surface area contributed by atoms with E-state index in [0.29, 0.717) is 11.0 Å². The highest BCUT2D eigenvalue weighted by atomic mass is 35.5. The molecule has 0 saturated carbocycles. The number of amides is 1. The number of aromatic nitrogens is 1. The third-order valence-corrected chi connectivity index (χ3v) is 3.33. The lowest BCUT2D eigenvalue weighted by Crippen LogP contribution is -2.09. The molecule has 0 radical (unpaired) electrons. The van der Waals surface area contributed by atoms with Crippen molar-refractivity contribution >= 4 is 40.2 Å². The molecule has 94 valence electrons. The SMILES string of the molecule is CC(=O)Nc1ccccc1NCc1cnc(Cl)s1. The third kappa shape index (κ3) is 3.45. The summed E-state index contributed by atoms with van der Waals surface area (Å²) in [5.74, 6) is -0.0925. The minimum absolute atomic E-state index is 0.0925. The number of hydrogen-bond acceptors (Lipinski definition) is 4. The molecule has 0 aliphatic rings. The monoisotopic (exact) mass is 281 g/mol. The number of benzene rings is 1. The normalized spacial score (nSPS) is 10.1. The summed E-state index contributed by atoms with van der Waals surface area (Å²) >= 11 is 7.20. The van der Waals surface area contributed by atoms with Crippen LogP contribution in [0.2, 0.25) is 4.47 Å². The van der Waals surface area contributed by atoms with Gasteiger partial charge >= 0.3 is 0 Å². The molecule has 2 N–H and O–H groups in total. The van der Waals surface area contributed by atoms with Gasteiger partial charge in [0.1, 0.15) is 0 Å². The van der Waals surface area contributed by atoms with E-state index in [1.54, 1.807) is 6.20 Å². The van der Waals surface area contributed by atoms with Crippen LogP contribution in [0, 0.1) is 0 Å². The van der Waals surface area contributed by atoms with Crippen molar-refractivity contribution < 1.29 is 4.79 Å². The van der Waals surface area contributed by atoms with Gasteiger partial charge in [0, 0.05) is 18.0 Å². The molecule has 1 aromatic heterocycles. The zero-order valence-corrected chi connectivity index (χ0v) is 11.3. The average Bonchev–Trinajstić information content (AvgIpc) is 2.73. The molecule has 18 heavy (non-hydrogen) atoms. The molecule has 0 aliphatic carbocycles. The minimum atomic E-state index is -0.0925. The largest absolute Gasteiger partial charge is 0.378 e. The second-order valence-electron chi connectivity index (χ2n) is 3.66. The van der Waals surface area contributed by atoms with Crippen molar-refractivity contribution in [1.29, 1.82) is 0 Å². The molecule has 0 fully saturated rings. The third-order valence-electron chi connectivity index (χ3n) is 2.22. The standard InChI is InChI=1S/C12H12ClN3OS/c1-8(17)16-11-5-3-2-4-10(11)14-6-9-7-15-12(13)18-9/h2-5,7,14H,6H2,1H3,(H,16,17). The number of para-hydroxylation sites is 2. The van der Waals surface area contributed by atoms with Crippen molar-refractivity contribution in [2.24, 2.45) is 0 Å². The maximum Gasteiger partial charge on any atom is 0.221 e. The molecule has 0 bridgehead atoms. The topological polar surface area (TPSA) is 54.0 Å². The Bertz CT molecular complexity index is 556. The van der Waals surface area contributed by atoms with Crippen LogP contribution in [0.1, 0.15) is 11.8 Å². The molecule has 0 spiro atoms. The summed E-state index contributed by atoms with van der Waals surface area (Å²) in [6, 6.07) is 7.55. The number of rotatable bonds is 4. The van der Waals surface area contributed by atoms with E-state index in [2.05, 4.69) is 15.6 Å². The summed E-state index contributed by atoms with van der Waals surface area (Å²) in [6.45, 7) is 2.11. The van der Waals surface area contributed by atoms with Crippen LogP contribution in [-0.2, 0) is 11.3 Å². The molecule has 4 nitrogen and oxygen atoms in total. The van der Waals surface area contributed by atoms with Crippen molar-refractivity contribution in [2.45, 2.75) is 13.5 Å². The molecule has 6 heteroatoms. The van der Waals surface area contributed by atoms with E-state index in [-0.39, 0.29) is 5.91 Å². The van der Waals surface area contributed by atoms with Gasteiger partial charge in [-0.2, -0.15) is 0 Å². The maximum atomic E-state index is 11.1. The highest BCUT2D eigenvalue weighted by Gasteiger charge is 2.04. The van der Waals surface area contributed by atoms with Crippen LogP contribution < -0.4 is 10.6 Å². The van der Waals surface area contributed by atoms with Gasteiger partial charge in [0.05, 0.1) is 17.9 Å². The lowest BCUT2D eigenvalue weighted by atomic mass is 10.2. The Labute approximate surface area is 114 Å². The number of hydrogen-bond donors (Lipinski definition) is 2. The quantitative estimate of drug-likeness (QED) is 0.903. The van der Waals surface area contributed by atoms with Crippen LogP contribution >= 0.6 is 22.9 Å². The van der Waals surface area contributed by atoms with Crippen LogP contribution in [0.25, 0.3) is 0 Å². The molecule has 2 rings (SSSR count). The molecule has 0 atom stereocenters. The van der Waals surface area contributed by atoms with Gasteiger partial charge in [0.15, 0.2) is 4.47 Å². The Morgan fingerprint density at radius 1 is 1.39 bits per heavy atom. The van der Waals surface area contributed by atoms with E-state index in [9.17, 15) is 4.79 Å². The predicted octanol–water partition coefficient (Wildman–Crippen LogP) is 3.37. The number of halogens is 1. The fourth-order valence-corrected chi connectivity index (χ4v) is 2.40. The predicted molar refractivity (Wildman–Crippen MR) is 75.2 cm³/mol. The van der Waals surface area contributed by atoms with Gasteiger partial charge in [-0.15, -0.1) is 11.3 Å². The molecule has 1 heterocycles. The number of thiazole rings is 1. The number of carbonyl (C=O) groups excluding carboxylic acids is 1. The number of nitrogens with zero attached hydrogens (tertiary/aromatic N) is 1. The second-order valence-corrected chi connectivity index (χ2v) is 5.36. The number of anilines is 2. The fourth-order valence-electron chi connectivity index (χ4n) is 1.48. The highest BCUT2D eigenvalue weighted by Crippen LogP contribution is 2.23. The summed E-state index contributed by atoms with van der Waals surface area (Å²) < 4.78 is 0.530. The Morgan fingerprint density at radius 2 is 2.11 bits per heavy atom. The zero-order valence-electron chi connectivity index (χ0n) is 9.74. The van der Waals surface area contributed by atoms with E-state index in [1.165, 1.54) is 18.3 Å². The van der Waals surface area contributed by atoms with Crippen LogP contribution in [0.15, 0.2) is 30.5 Å². The first-order valence-corrected chi connectivity index (χ1v) is 6.55. The Morgan fingerprint density at radius 3 is 2.72 bits per heavy atom. The molecular weight excluding hydrogens is 270 g/mol. The Balaban J connectivity index is 2.06.